The lowest BCUT2D eigenvalue weighted by atomic mass is 9.87. The van der Waals surface area contributed by atoms with Gasteiger partial charge in [0.25, 0.3) is 0 Å². The predicted molar refractivity (Wildman–Crippen MR) is 78.8 cm³/mol. The second kappa shape index (κ2) is 5.53. The number of hydrogen-bond acceptors (Lipinski definition) is 3. The van der Waals surface area contributed by atoms with E-state index in [0.717, 1.165) is 37.7 Å². The van der Waals surface area contributed by atoms with E-state index in [-0.39, 0.29) is 5.25 Å². The van der Waals surface area contributed by atoms with Crippen molar-refractivity contribution < 1.29 is 8.42 Å². The maximum absolute atomic E-state index is 12.7. The monoisotopic (exact) mass is 281 g/mol. The number of benzene rings is 1. The van der Waals surface area contributed by atoms with Crippen LogP contribution >= 0.6 is 0 Å². The molecule has 1 aliphatic carbocycles. The average molecular weight is 281 g/mol. The van der Waals surface area contributed by atoms with Gasteiger partial charge in [-0.25, -0.2) is 8.42 Å². The van der Waals surface area contributed by atoms with E-state index in [1.165, 1.54) is 0 Å². The summed E-state index contributed by atoms with van der Waals surface area (Å²) in [5, 5.41) is -0.254. The summed E-state index contributed by atoms with van der Waals surface area (Å²) in [7, 11) is -3.28. The normalized spacial score (nSPS) is 24.3. The van der Waals surface area contributed by atoms with Gasteiger partial charge in [-0.2, -0.15) is 0 Å². The van der Waals surface area contributed by atoms with Crippen LogP contribution in [-0.2, 0) is 9.84 Å². The first kappa shape index (κ1) is 14.4. The van der Waals surface area contributed by atoms with Gasteiger partial charge in [-0.3, -0.25) is 0 Å². The number of anilines is 1. The number of nitrogens with two attached hydrogens (primary N) is 1. The molecule has 2 unspecified atom stereocenters. The molecule has 106 valence electrons. The summed E-state index contributed by atoms with van der Waals surface area (Å²) in [5.74, 6) is 0.541. The van der Waals surface area contributed by atoms with Crippen molar-refractivity contribution in [2.75, 3.05) is 5.73 Å². The first-order valence-electron chi connectivity index (χ1n) is 7.05. The third kappa shape index (κ3) is 2.78. The molecule has 1 aromatic rings. The van der Waals surface area contributed by atoms with Gasteiger partial charge in [0, 0.05) is 0 Å². The van der Waals surface area contributed by atoms with Crippen molar-refractivity contribution in [3.05, 3.63) is 23.8 Å². The summed E-state index contributed by atoms with van der Waals surface area (Å²) in [4.78, 5) is 0.328. The van der Waals surface area contributed by atoms with E-state index in [9.17, 15) is 8.42 Å². The van der Waals surface area contributed by atoms with E-state index in [1.54, 1.807) is 12.1 Å². The zero-order valence-electron chi connectivity index (χ0n) is 11.7. The minimum atomic E-state index is -3.28. The lowest BCUT2D eigenvalue weighted by molar-refractivity contribution is 0.348. The van der Waals surface area contributed by atoms with Crippen LogP contribution < -0.4 is 5.73 Å². The van der Waals surface area contributed by atoms with E-state index < -0.39 is 9.84 Å². The van der Waals surface area contributed by atoms with Crippen molar-refractivity contribution >= 4 is 15.5 Å². The SMILES string of the molecule is CCC1CCCC(S(=O)(=O)c2cccc(C)c2N)C1. The number of nitrogen functional groups attached to an aromatic ring is 1. The average Bonchev–Trinajstić information content (AvgIpc) is 2.41. The van der Waals surface area contributed by atoms with Gasteiger partial charge in [0.15, 0.2) is 9.84 Å². The van der Waals surface area contributed by atoms with Crippen molar-refractivity contribution in [2.45, 2.75) is 56.1 Å². The highest BCUT2D eigenvalue weighted by Gasteiger charge is 2.33. The van der Waals surface area contributed by atoms with Gasteiger partial charge in [-0.05, 0) is 37.3 Å². The number of para-hydroxylation sites is 1. The molecule has 2 rings (SSSR count). The van der Waals surface area contributed by atoms with Crippen LogP contribution in [-0.4, -0.2) is 13.7 Å². The first-order valence-corrected chi connectivity index (χ1v) is 8.60. The van der Waals surface area contributed by atoms with Gasteiger partial charge in [0.05, 0.1) is 15.8 Å². The second-order valence-corrected chi connectivity index (χ2v) is 7.79. The zero-order chi connectivity index (χ0) is 14.0. The topological polar surface area (TPSA) is 60.2 Å². The molecule has 1 aliphatic rings. The predicted octanol–water partition coefficient (Wildman–Crippen LogP) is 3.32. The molecule has 0 aromatic heterocycles. The third-order valence-corrected chi connectivity index (χ3v) is 6.62. The maximum atomic E-state index is 12.7. The van der Waals surface area contributed by atoms with Gasteiger partial charge < -0.3 is 5.73 Å². The van der Waals surface area contributed by atoms with Gasteiger partial charge >= 0.3 is 0 Å². The summed E-state index contributed by atoms with van der Waals surface area (Å²) < 4.78 is 25.5. The van der Waals surface area contributed by atoms with Crippen molar-refractivity contribution in [3.8, 4) is 0 Å². The molecule has 0 heterocycles. The lowest BCUT2D eigenvalue weighted by Gasteiger charge is -2.28. The molecule has 0 amide bonds. The third-order valence-electron chi connectivity index (χ3n) is 4.34. The molecule has 0 radical (unpaired) electrons. The maximum Gasteiger partial charge on any atom is 0.183 e. The van der Waals surface area contributed by atoms with E-state index in [1.807, 2.05) is 13.0 Å². The molecular weight excluding hydrogens is 258 g/mol. The Balaban J connectivity index is 2.34. The zero-order valence-corrected chi connectivity index (χ0v) is 12.5. The standard InChI is InChI=1S/C15H23NO2S/c1-3-12-7-5-8-13(10-12)19(17,18)14-9-4-6-11(2)15(14)16/h4,6,9,12-13H,3,5,7-8,10,16H2,1-2H3. The Morgan fingerprint density at radius 1 is 1.32 bits per heavy atom. The minimum Gasteiger partial charge on any atom is -0.397 e. The highest BCUT2D eigenvalue weighted by Crippen LogP contribution is 2.35. The van der Waals surface area contributed by atoms with Gasteiger partial charge in [0.2, 0.25) is 0 Å². The van der Waals surface area contributed by atoms with Gasteiger partial charge in [-0.15, -0.1) is 0 Å². The van der Waals surface area contributed by atoms with Crippen molar-refractivity contribution in [2.24, 2.45) is 5.92 Å². The number of aryl methyl sites for hydroxylation is 1. The van der Waals surface area contributed by atoms with Crippen molar-refractivity contribution in [1.29, 1.82) is 0 Å². The number of rotatable bonds is 3. The van der Waals surface area contributed by atoms with Crippen LogP contribution in [0.25, 0.3) is 0 Å². The molecule has 1 aromatic carbocycles. The number of sulfone groups is 1. The molecule has 0 spiro atoms. The van der Waals surface area contributed by atoms with Crippen molar-refractivity contribution in [3.63, 3.8) is 0 Å². The summed E-state index contributed by atoms with van der Waals surface area (Å²) in [6.45, 7) is 3.99. The summed E-state index contributed by atoms with van der Waals surface area (Å²) in [6, 6.07) is 5.27. The van der Waals surface area contributed by atoms with E-state index >= 15 is 0 Å². The van der Waals surface area contributed by atoms with Crippen LogP contribution in [0.3, 0.4) is 0 Å². The quantitative estimate of drug-likeness (QED) is 0.865. The van der Waals surface area contributed by atoms with Crippen molar-refractivity contribution in [1.82, 2.24) is 0 Å². The van der Waals surface area contributed by atoms with Crippen LogP contribution in [0, 0.1) is 12.8 Å². The molecule has 1 saturated carbocycles. The molecule has 2 atom stereocenters. The van der Waals surface area contributed by atoms with Crippen LogP contribution in [0.15, 0.2) is 23.1 Å². The largest absolute Gasteiger partial charge is 0.397 e. The Labute approximate surface area is 116 Å². The highest BCUT2D eigenvalue weighted by atomic mass is 32.2. The molecule has 19 heavy (non-hydrogen) atoms. The first-order chi connectivity index (χ1) is 8.96. The molecular formula is C15H23NO2S. The fourth-order valence-corrected chi connectivity index (χ4v) is 5.07. The fraction of sp³-hybridized carbons (Fsp3) is 0.600. The molecule has 1 fully saturated rings. The lowest BCUT2D eigenvalue weighted by Crippen LogP contribution is -2.28. The number of hydrogen-bond donors (Lipinski definition) is 1. The van der Waals surface area contributed by atoms with Gasteiger partial charge in [-0.1, -0.05) is 38.3 Å². The fourth-order valence-electron chi connectivity index (χ4n) is 2.98. The highest BCUT2D eigenvalue weighted by molar-refractivity contribution is 7.92. The molecule has 2 N–H and O–H groups in total. The Morgan fingerprint density at radius 3 is 2.74 bits per heavy atom. The van der Waals surface area contributed by atoms with Gasteiger partial charge in [0.1, 0.15) is 0 Å². The summed E-state index contributed by atoms with van der Waals surface area (Å²) >= 11 is 0. The van der Waals surface area contributed by atoms with Crippen LogP contribution in [0.1, 0.15) is 44.6 Å². The smallest absolute Gasteiger partial charge is 0.183 e. The molecule has 0 aliphatic heterocycles. The van der Waals surface area contributed by atoms with E-state index in [0.29, 0.717) is 16.5 Å². The molecule has 0 bridgehead atoms. The molecule has 3 nitrogen and oxygen atoms in total. The Hall–Kier alpha value is -1.03. The Morgan fingerprint density at radius 2 is 2.05 bits per heavy atom. The van der Waals surface area contributed by atoms with Crippen LogP contribution in [0.2, 0.25) is 0 Å². The molecule has 0 saturated heterocycles. The van der Waals surface area contributed by atoms with Crippen LogP contribution in [0.5, 0.6) is 0 Å². The van der Waals surface area contributed by atoms with Crippen LogP contribution in [0.4, 0.5) is 5.69 Å². The second-order valence-electron chi connectivity index (χ2n) is 5.59. The van der Waals surface area contributed by atoms with E-state index in [2.05, 4.69) is 6.92 Å². The molecule has 4 heteroatoms. The summed E-state index contributed by atoms with van der Waals surface area (Å²) in [6.07, 6.45) is 4.79. The Bertz CT molecular complexity index is 551. The Kier molecular flexibility index (Phi) is 4.19. The van der Waals surface area contributed by atoms with E-state index in [4.69, 9.17) is 5.73 Å². The minimum absolute atomic E-state index is 0.254. The summed E-state index contributed by atoms with van der Waals surface area (Å²) in [5.41, 5.74) is 7.22.